The third-order valence-corrected chi connectivity index (χ3v) is 1.17. The monoisotopic (exact) mass is 190 g/mol. The minimum Gasteiger partial charge on any atom is -0.306 e. The van der Waals surface area contributed by atoms with Gasteiger partial charge in [-0.05, 0) is 6.07 Å². The van der Waals surface area contributed by atoms with Crippen molar-refractivity contribution in [1.29, 1.82) is 0 Å². The van der Waals surface area contributed by atoms with Crippen molar-refractivity contribution in [2.24, 2.45) is 0 Å². The number of nitrogens with one attached hydrogen (secondary N) is 1. The van der Waals surface area contributed by atoms with Crippen LogP contribution >= 0.6 is 0 Å². The molecule has 0 bridgehead atoms. The summed E-state index contributed by atoms with van der Waals surface area (Å²) in [5.41, 5.74) is 0. The molecule has 0 aliphatic rings. The van der Waals surface area contributed by atoms with E-state index in [1.54, 1.807) is 5.32 Å². The Balaban J connectivity index is 2.69. The first kappa shape index (κ1) is 9.50. The van der Waals surface area contributed by atoms with Gasteiger partial charge in [0.05, 0.1) is 0 Å². The number of anilines is 1. The Labute approximate surface area is 71.6 Å². The molecule has 1 N–H and O–H groups in total. The fourth-order valence-corrected chi connectivity index (χ4v) is 0.654. The Morgan fingerprint density at radius 2 is 2.23 bits per heavy atom. The summed E-state index contributed by atoms with van der Waals surface area (Å²) in [6.07, 6.45) is -2.07. The SMILES string of the molecule is O=C(Nc1cc(F)ccn1)C(F)F. The van der Waals surface area contributed by atoms with E-state index < -0.39 is 18.1 Å². The second-order valence-corrected chi connectivity index (χ2v) is 2.15. The molecule has 0 aliphatic carbocycles. The Bertz CT molecular complexity index is 316. The van der Waals surface area contributed by atoms with Crippen molar-refractivity contribution >= 4 is 11.7 Å². The van der Waals surface area contributed by atoms with Crippen molar-refractivity contribution < 1.29 is 18.0 Å². The van der Waals surface area contributed by atoms with E-state index in [2.05, 4.69) is 4.98 Å². The first-order valence-electron chi connectivity index (χ1n) is 3.30. The van der Waals surface area contributed by atoms with Crippen LogP contribution in [0.15, 0.2) is 18.3 Å². The van der Waals surface area contributed by atoms with Crippen molar-refractivity contribution in [3.8, 4) is 0 Å². The van der Waals surface area contributed by atoms with Crippen molar-refractivity contribution in [3.05, 3.63) is 24.1 Å². The lowest BCUT2D eigenvalue weighted by atomic mass is 10.4. The molecule has 0 atom stereocenters. The first-order valence-corrected chi connectivity index (χ1v) is 3.30. The van der Waals surface area contributed by atoms with E-state index in [1.807, 2.05) is 0 Å². The summed E-state index contributed by atoms with van der Waals surface area (Å²) in [7, 11) is 0. The molecule has 0 saturated carbocycles. The maximum atomic E-state index is 12.4. The second kappa shape index (κ2) is 3.88. The van der Waals surface area contributed by atoms with E-state index in [9.17, 15) is 18.0 Å². The van der Waals surface area contributed by atoms with Crippen molar-refractivity contribution in [1.82, 2.24) is 4.98 Å². The Morgan fingerprint density at radius 1 is 1.54 bits per heavy atom. The molecule has 3 nitrogen and oxygen atoms in total. The Hall–Kier alpha value is -1.59. The molecule has 0 fully saturated rings. The van der Waals surface area contributed by atoms with Gasteiger partial charge in [-0.25, -0.2) is 9.37 Å². The Kier molecular flexibility index (Phi) is 2.84. The van der Waals surface area contributed by atoms with E-state index in [-0.39, 0.29) is 5.82 Å². The van der Waals surface area contributed by atoms with Gasteiger partial charge in [0, 0.05) is 12.3 Å². The number of carbonyl (C=O) groups is 1. The predicted octanol–water partition coefficient (Wildman–Crippen LogP) is 1.42. The summed E-state index contributed by atoms with van der Waals surface area (Å²) in [4.78, 5) is 13.9. The lowest BCUT2D eigenvalue weighted by Gasteiger charge is -2.01. The largest absolute Gasteiger partial charge is 0.315 e. The molecular weight excluding hydrogens is 185 g/mol. The number of carbonyl (C=O) groups excluding carboxylic acids is 1. The van der Waals surface area contributed by atoms with Crippen molar-refractivity contribution in [3.63, 3.8) is 0 Å². The zero-order valence-electron chi connectivity index (χ0n) is 6.30. The van der Waals surface area contributed by atoms with Crippen LogP contribution in [0.25, 0.3) is 0 Å². The summed E-state index contributed by atoms with van der Waals surface area (Å²) >= 11 is 0. The number of hydrogen-bond acceptors (Lipinski definition) is 2. The maximum Gasteiger partial charge on any atom is 0.315 e. The Morgan fingerprint density at radius 3 is 2.77 bits per heavy atom. The summed E-state index contributed by atoms with van der Waals surface area (Å²) < 4.78 is 35.8. The summed E-state index contributed by atoms with van der Waals surface area (Å²) in [6, 6.07) is 1.89. The van der Waals surface area contributed by atoms with Gasteiger partial charge < -0.3 is 5.32 Å². The standard InChI is InChI=1S/C7H5F3N2O/c8-4-1-2-11-5(3-4)12-7(13)6(9)10/h1-3,6H,(H,11,12,13). The molecule has 0 unspecified atom stereocenters. The zero-order valence-corrected chi connectivity index (χ0v) is 6.30. The molecule has 0 aliphatic heterocycles. The molecule has 1 aromatic heterocycles. The normalized spacial score (nSPS) is 10.2. The average molecular weight is 190 g/mol. The van der Waals surface area contributed by atoms with Crippen LogP contribution in [0.2, 0.25) is 0 Å². The molecule has 0 aromatic carbocycles. The van der Waals surface area contributed by atoms with Crippen LogP contribution < -0.4 is 5.32 Å². The molecule has 1 amide bonds. The molecule has 1 rings (SSSR count). The summed E-state index contributed by atoms with van der Waals surface area (Å²) in [5.74, 6) is -2.39. The van der Waals surface area contributed by atoms with Gasteiger partial charge in [0.1, 0.15) is 11.6 Å². The van der Waals surface area contributed by atoms with Gasteiger partial charge in [0.2, 0.25) is 0 Å². The number of nitrogens with zero attached hydrogens (tertiary/aromatic N) is 1. The van der Waals surface area contributed by atoms with E-state index in [0.717, 1.165) is 18.3 Å². The second-order valence-electron chi connectivity index (χ2n) is 2.15. The lowest BCUT2D eigenvalue weighted by Crippen LogP contribution is -2.20. The molecule has 13 heavy (non-hydrogen) atoms. The van der Waals surface area contributed by atoms with Crippen LogP contribution in [0, 0.1) is 5.82 Å². The van der Waals surface area contributed by atoms with Gasteiger partial charge in [-0.3, -0.25) is 4.79 Å². The number of hydrogen-bond donors (Lipinski definition) is 1. The molecule has 1 heterocycles. The number of aromatic nitrogens is 1. The highest BCUT2D eigenvalue weighted by Gasteiger charge is 2.15. The van der Waals surface area contributed by atoms with E-state index >= 15 is 0 Å². The fraction of sp³-hybridized carbons (Fsp3) is 0.143. The van der Waals surface area contributed by atoms with Gasteiger partial charge in [0.25, 0.3) is 5.91 Å². The van der Waals surface area contributed by atoms with Gasteiger partial charge in [-0.2, -0.15) is 8.78 Å². The number of rotatable bonds is 2. The maximum absolute atomic E-state index is 12.4. The molecule has 70 valence electrons. The molecular formula is C7H5F3N2O. The quantitative estimate of drug-likeness (QED) is 0.766. The highest BCUT2D eigenvalue weighted by atomic mass is 19.3. The van der Waals surface area contributed by atoms with Crippen molar-refractivity contribution in [2.75, 3.05) is 5.32 Å². The number of alkyl halides is 2. The van der Waals surface area contributed by atoms with Gasteiger partial charge in [0.15, 0.2) is 0 Å². The van der Waals surface area contributed by atoms with Gasteiger partial charge >= 0.3 is 6.43 Å². The van der Waals surface area contributed by atoms with E-state index in [4.69, 9.17) is 0 Å². The molecule has 0 saturated heterocycles. The van der Waals surface area contributed by atoms with Crippen LogP contribution in [-0.2, 0) is 4.79 Å². The fourth-order valence-electron chi connectivity index (χ4n) is 0.654. The van der Waals surface area contributed by atoms with E-state index in [1.165, 1.54) is 0 Å². The predicted molar refractivity (Wildman–Crippen MR) is 38.8 cm³/mol. The minimum absolute atomic E-state index is 0.231. The number of pyridine rings is 1. The van der Waals surface area contributed by atoms with Crippen LogP contribution in [-0.4, -0.2) is 17.3 Å². The van der Waals surface area contributed by atoms with Crippen LogP contribution in [0.5, 0.6) is 0 Å². The molecule has 0 radical (unpaired) electrons. The third kappa shape index (κ3) is 2.73. The first-order chi connectivity index (χ1) is 6.09. The molecule has 0 spiro atoms. The van der Waals surface area contributed by atoms with Crippen LogP contribution in [0.1, 0.15) is 0 Å². The summed E-state index contributed by atoms with van der Waals surface area (Å²) in [5, 5.41) is 1.74. The minimum atomic E-state index is -3.13. The highest BCUT2D eigenvalue weighted by Crippen LogP contribution is 2.06. The zero-order chi connectivity index (χ0) is 9.84. The third-order valence-electron chi connectivity index (χ3n) is 1.17. The average Bonchev–Trinajstić information content (AvgIpc) is 2.04. The number of halogens is 3. The smallest absolute Gasteiger partial charge is 0.306 e. The molecule has 6 heteroatoms. The lowest BCUT2D eigenvalue weighted by molar-refractivity contribution is -0.126. The highest BCUT2D eigenvalue weighted by molar-refractivity contribution is 5.92. The van der Waals surface area contributed by atoms with Crippen LogP contribution in [0.4, 0.5) is 19.0 Å². The van der Waals surface area contributed by atoms with E-state index in [0.29, 0.717) is 0 Å². The summed E-state index contributed by atoms with van der Waals surface area (Å²) in [6.45, 7) is 0. The van der Waals surface area contributed by atoms with Crippen LogP contribution in [0.3, 0.4) is 0 Å². The number of amides is 1. The molecule has 1 aromatic rings. The van der Waals surface area contributed by atoms with Gasteiger partial charge in [-0.15, -0.1) is 0 Å². The van der Waals surface area contributed by atoms with Crippen molar-refractivity contribution in [2.45, 2.75) is 6.43 Å². The topological polar surface area (TPSA) is 42.0 Å². The van der Waals surface area contributed by atoms with Gasteiger partial charge in [-0.1, -0.05) is 0 Å².